The zero-order valence-electron chi connectivity index (χ0n) is 12.8. The lowest BCUT2D eigenvalue weighted by Crippen LogP contribution is -2.14. The van der Waals surface area contributed by atoms with Crippen LogP contribution in [0.3, 0.4) is 0 Å². The first kappa shape index (κ1) is 14.9. The number of sulfonamides is 1. The van der Waals surface area contributed by atoms with Crippen LogP contribution in [-0.2, 0) is 22.9 Å². The Kier molecular flexibility index (Phi) is 3.83. The van der Waals surface area contributed by atoms with Crippen LogP contribution in [0.1, 0.15) is 25.0 Å². The van der Waals surface area contributed by atoms with E-state index in [-0.39, 0.29) is 0 Å². The molecule has 2 aromatic carbocycles. The molecule has 2 N–H and O–H groups in total. The molecule has 22 heavy (non-hydrogen) atoms. The molecule has 1 atom stereocenters. The first-order valence-corrected chi connectivity index (χ1v) is 8.98. The molecule has 0 radical (unpaired) electrons. The quantitative estimate of drug-likeness (QED) is 0.909. The van der Waals surface area contributed by atoms with Gasteiger partial charge in [-0.1, -0.05) is 25.1 Å². The number of hydrogen-bond donors (Lipinski definition) is 2. The first-order chi connectivity index (χ1) is 10.5. The third kappa shape index (κ3) is 2.81. The van der Waals surface area contributed by atoms with Crippen LogP contribution in [0.25, 0.3) is 0 Å². The van der Waals surface area contributed by atoms with Gasteiger partial charge in [0.15, 0.2) is 0 Å². The van der Waals surface area contributed by atoms with E-state index >= 15 is 0 Å². The summed E-state index contributed by atoms with van der Waals surface area (Å²) in [4.78, 5) is 0.313. The molecular weight excluding hydrogens is 296 g/mol. The van der Waals surface area contributed by atoms with Gasteiger partial charge in [0.2, 0.25) is 0 Å². The van der Waals surface area contributed by atoms with Crippen molar-refractivity contribution in [2.24, 2.45) is 0 Å². The topological polar surface area (TPSA) is 58.2 Å². The van der Waals surface area contributed by atoms with E-state index in [1.165, 1.54) is 0 Å². The zero-order valence-corrected chi connectivity index (χ0v) is 13.6. The largest absolute Gasteiger partial charge is 0.382 e. The summed E-state index contributed by atoms with van der Waals surface area (Å²) in [5.74, 6) is 0. The lowest BCUT2D eigenvalue weighted by Gasteiger charge is -2.12. The number of nitrogens with one attached hydrogen (secondary N) is 2. The Hall–Kier alpha value is -2.01. The average Bonchev–Trinajstić information content (AvgIpc) is 2.86. The fraction of sp³-hybridized carbons (Fsp3) is 0.294. The molecule has 0 bridgehead atoms. The molecule has 0 aromatic heterocycles. The van der Waals surface area contributed by atoms with Crippen molar-refractivity contribution in [1.29, 1.82) is 0 Å². The molecule has 116 valence electrons. The summed E-state index contributed by atoms with van der Waals surface area (Å²) < 4.78 is 27.9. The molecule has 0 unspecified atom stereocenters. The highest BCUT2D eigenvalue weighted by Gasteiger charge is 2.21. The van der Waals surface area contributed by atoms with Gasteiger partial charge in [-0.25, -0.2) is 8.42 Å². The molecule has 0 saturated heterocycles. The van der Waals surface area contributed by atoms with Gasteiger partial charge in [0, 0.05) is 11.7 Å². The third-order valence-electron chi connectivity index (χ3n) is 3.96. The fourth-order valence-corrected chi connectivity index (χ4v) is 3.98. The highest BCUT2D eigenvalue weighted by Crippen LogP contribution is 2.29. The average molecular weight is 316 g/mol. The maximum atomic E-state index is 12.6. The van der Waals surface area contributed by atoms with Gasteiger partial charge in [-0.15, -0.1) is 0 Å². The highest BCUT2D eigenvalue weighted by atomic mass is 32.2. The van der Waals surface area contributed by atoms with Gasteiger partial charge in [0.1, 0.15) is 0 Å². The smallest absolute Gasteiger partial charge is 0.261 e. The molecule has 0 amide bonds. The normalized spacial score (nSPS) is 16.9. The minimum atomic E-state index is -3.56. The van der Waals surface area contributed by atoms with E-state index in [1.54, 1.807) is 18.2 Å². The Morgan fingerprint density at radius 1 is 1.23 bits per heavy atom. The van der Waals surface area contributed by atoms with Crippen LogP contribution in [0.15, 0.2) is 47.4 Å². The van der Waals surface area contributed by atoms with Crippen LogP contribution in [0, 0.1) is 0 Å². The Morgan fingerprint density at radius 2 is 2.00 bits per heavy atom. The number of anilines is 2. The molecule has 2 aromatic rings. The number of benzene rings is 2. The molecule has 0 fully saturated rings. The Bertz CT molecular complexity index is 800. The van der Waals surface area contributed by atoms with E-state index in [0.717, 1.165) is 29.7 Å². The SMILES string of the molecule is CCc1ccccc1NS(=O)(=O)c1ccc2c(c1)C[C@@H](C)N2. The number of para-hydroxylation sites is 1. The van der Waals surface area contributed by atoms with Crippen LogP contribution in [0.5, 0.6) is 0 Å². The van der Waals surface area contributed by atoms with Crippen molar-refractivity contribution in [2.75, 3.05) is 10.0 Å². The minimum Gasteiger partial charge on any atom is -0.382 e. The summed E-state index contributed by atoms with van der Waals surface area (Å²) >= 11 is 0. The van der Waals surface area contributed by atoms with Crippen LogP contribution in [-0.4, -0.2) is 14.5 Å². The summed E-state index contributed by atoms with van der Waals surface area (Å²) in [5, 5.41) is 3.33. The van der Waals surface area contributed by atoms with Crippen molar-refractivity contribution >= 4 is 21.4 Å². The predicted molar refractivity (Wildman–Crippen MR) is 89.9 cm³/mol. The van der Waals surface area contributed by atoms with Gasteiger partial charge in [-0.2, -0.15) is 0 Å². The molecule has 0 spiro atoms. The predicted octanol–water partition coefficient (Wildman–Crippen LogP) is 3.41. The van der Waals surface area contributed by atoms with Crippen LogP contribution >= 0.6 is 0 Å². The molecule has 5 heteroatoms. The standard InChI is InChI=1S/C17H20N2O2S/c1-3-13-6-4-5-7-17(13)19-22(20,21)15-8-9-16-14(11-15)10-12(2)18-16/h4-9,11-12,18-19H,3,10H2,1-2H3/t12-/m1/s1. The lowest BCUT2D eigenvalue weighted by atomic mass is 10.1. The minimum absolute atomic E-state index is 0.313. The molecule has 0 aliphatic carbocycles. The second-order valence-corrected chi connectivity index (χ2v) is 7.37. The number of aryl methyl sites for hydroxylation is 1. The molecular formula is C17H20N2O2S. The molecule has 0 saturated carbocycles. The van der Waals surface area contributed by atoms with E-state index in [2.05, 4.69) is 17.0 Å². The maximum Gasteiger partial charge on any atom is 0.261 e. The summed E-state index contributed by atoms with van der Waals surface area (Å²) in [6, 6.07) is 13.1. The van der Waals surface area contributed by atoms with Crippen LogP contribution in [0.4, 0.5) is 11.4 Å². The highest BCUT2D eigenvalue weighted by molar-refractivity contribution is 7.92. The first-order valence-electron chi connectivity index (χ1n) is 7.50. The third-order valence-corrected chi connectivity index (χ3v) is 5.32. The van der Waals surface area contributed by atoms with Crippen molar-refractivity contribution in [2.45, 2.75) is 37.6 Å². The van der Waals surface area contributed by atoms with Gasteiger partial charge in [-0.3, -0.25) is 4.72 Å². The summed E-state index contributed by atoms with van der Waals surface area (Å²) in [5.41, 5.74) is 3.72. The van der Waals surface area contributed by atoms with Crippen LogP contribution < -0.4 is 10.0 Å². The van der Waals surface area contributed by atoms with Gasteiger partial charge in [0.05, 0.1) is 10.6 Å². The number of fused-ring (bicyclic) bond motifs is 1. The number of hydrogen-bond acceptors (Lipinski definition) is 3. The maximum absolute atomic E-state index is 12.6. The summed E-state index contributed by atoms with van der Waals surface area (Å²) in [6.07, 6.45) is 1.63. The van der Waals surface area contributed by atoms with Gasteiger partial charge in [-0.05, 0) is 55.2 Å². The lowest BCUT2D eigenvalue weighted by molar-refractivity contribution is 0.601. The van der Waals surface area contributed by atoms with E-state index in [0.29, 0.717) is 16.6 Å². The molecule has 1 aliphatic rings. The van der Waals surface area contributed by atoms with Gasteiger partial charge in [0.25, 0.3) is 10.0 Å². The monoisotopic (exact) mass is 316 g/mol. The van der Waals surface area contributed by atoms with Crippen molar-refractivity contribution in [3.8, 4) is 0 Å². The van der Waals surface area contributed by atoms with E-state index in [9.17, 15) is 8.42 Å². The number of rotatable bonds is 4. The summed E-state index contributed by atoms with van der Waals surface area (Å²) in [6.45, 7) is 4.10. The van der Waals surface area contributed by atoms with Crippen molar-refractivity contribution < 1.29 is 8.42 Å². The van der Waals surface area contributed by atoms with E-state index in [4.69, 9.17) is 0 Å². The van der Waals surface area contributed by atoms with Crippen molar-refractivity contribution in [3.05, 3.63) is 53.6 Å². The van der Waals surface area contributed by atoms with Crippen LogP contribution in [0.2, 0.25) is 0 Å². The summed E-state index contributed by atoms with van der Waals surface area (Å²) in [7, 11) is -3.56. The Labute approximate surface area is 131 Å². The molecule has 4 nitrogen and oxygen atoms in total. The van der Waals surface area contributed by atoms with E-state index < -0.39 is 10.0 Å². The van der Waals surface area contributed by atoms with Crippen molar-refractivity contribution in [1.82, 2.24) is 0 Å². The van der Waals surface area contributed by atoms with E-state index in [1.807, 2.05) is 31.2 Å². The molecule has 3 rings (SSSR count). The second-order valence-electron chi connectivity index (χ2n) is 5.68. The van der Waals surface area contributed by atoms with Gasteiger partial charge < -0.3 is 5.32 Å². The van der Waals surface area contributed by atoms with Crippen molar-refractivity contribution in [3.63, 3.8) is 0 Å². The molecule has 1 heterocycles. The Balaban J connectivity index is 1.92. The zero-order chi connectivity index (χ0) is 15.7. The Morgan fingerprint density at radius 3 is 2.77 bits per heavy atom. The second kappa shape index (κ2) is 5.65. The molecule has 1 aliphatic heterocycles. The van der Waals surface area contributed by atoms with Gasteiger partial charge >= 0.3 is 0 Å². The fourth-order valence-electron chi connectivity index (χ4n) is 2.83.